The van der Waals surface area contributed by atoms with Crippen molar-refractivity contribution >= 4 is 109 Å². The number of ether oxygens (including phenoxy) is 4. The summed E-state index contributed by atoms with van der Waals surface area (Å²) in [6.07, 6.45) is 15.0. The van der Waals surface area contributed by atoms with E-state index in [1.165, 1.54) is 25.0 Å². The topological polar surface area (TPSA) is 217 Å². The minimum Gasteiger partial charge on any atom is -0.478 e. The number of thiol groups is 1. The van der Waals surface area contributed by atoms with Gasteiger partial charge in [-0.25, -0.2) is 14.4 Å². The Balaban J connectivity index is 0. The molecule has 14 nitrogen and oxygen atoms in total. The summed E-state index contributed by atoms with van der Waals surface area (Å²) >= 11 is 14.1. The van der Waals surface area contributed by atoms with Crippen molar-refractivity contribution in [1.29, 1.82) is 0 Å². The molecular weight excluding hydrogens is 1160 g/mol. The van der Waals surface area contributed by atoms with E-state index in [0.717, 1.165) is 101 Å². The van der Waals surface area contributed by atoms with Crippen molar-refractivity contribution in [3.8, 4) is 0 Å². The molecule has 3 rings (SSSR count). The highest BCUT2D eigenvalue weighted by Gasteiger charge is 2.13. The van der Waals surface area contributed by atoms with Crippen LogP contribution in [-0.4, -0.2) is 131 Å². The van der Waals surface area contributed by atoms with Crippen molar-refractivity contribution in [2.45, 2.75) is 170 Å². The Labute approximate surface area is 483 Å². The molecule has 76 heavy (non-hydrogen) atoms. The second-order valence-electron chi connectivity index (χ2n) is 17.6. The first-order valence-electron chi connectivity index (χ1n) is 25.3. The zero-order valence-electron chi connectivity index (χ0n) is 45.7. The molecule has 0 bridgehead atoms. The second kappa shape index (κ2) is 48.7. The summed E-state index contributed by atoms with van der Waals surface area (Å²) in [5, 5.41) is 28.1. The van der Waals surface area contributed by atoms with Gasteiger partial charge in [0, 0.05) is 79.5 Å². The second-order valence-corrected chi connectivity index (χ2v) is 22.1. The molecule has 0 radical (unpaired) electrons. The molecule has 0 saturated heterocycles. The van der Waals surface area contributed by atoms with Crippen LogP contribution in [0.5, 0.6) is 0 Å². The molecule has 428 valence electrons. The van der Waals surface area contributed by atoms with Gasteiger partial charge in [0.1, 0.15) is 23.1 Å². The van der Waals surface area contributed by atoms with Crippen LogP contribution in [0.4, 0.5) is 0 Å². The molecule has 0 fully saturated rings. The zero-order chi connectivity index (χ0) is 57.7. The normalized spacial score (nSPS) is 12.0. The number of rotatable bonds is 35. The minimum absolute atomic E-state index is 0.00230. The van der Waals surface area contributed by atoms with Crippen LogP contribution in [-0.2, 0) is 38.1 Å². The van der Waals surface area contributed by atoms with Crippen LogP contribution in [0.3, 0.4) is 0 Å². The first kappa shape index (κ1) is 74.7. The summed E-state index contributed by atoms with van der Waals surface area (Å²) < 4.78 is 20.9. The average molecular weight is 1250 g/mol. The van der Waals surface area contributed by atoms with Crippen LogP contribution in [0, 0.1) is 0 Å². The predicted molar refractivity (Wildman–Crippen MR) is 316 cm³/mol. The number of ketones is 4. The summed E-state index contributed by atoms with van der Waals surface area (Å²) in [4.78, 5) is 78.2. The lowest BCUT2D eigenvalue weighted by Crippen LogP contribution is -2.14. The summed E-state index contributed by atoms with van der Waals surface area (Å²) in [7, 11) is 6.62. The summed E-state index contributed by atoms with van der Waals surface area (Å²) in [5.41, 5.74) is 0.911. The van der Waals surface area contributed by atoms with E-state index in [-0.39, 0.29) is 53.1 Å². The van der Waals surface area contributed by atoms with E-state index in [0.29, 0.717) is 36.8 Å². The third-order valence-corrected chi connectivity index (χ3v) is 14.5. The standard InChI is InChI=1S/C17H24O4S.C15H20O4S.C10H19BrO2.C8H15BrO2.C7H6O2S/c1-13(18)12-15(21-2)6-4-3-5-11-22-16-9-7-14(8-10-16)17(19)20;1-11(16)10-13(19-2)4-3-9-20-14-7-5-12(6-8-14)15(17)18;1-9(12)8-10(13-2)6-4-3-5-7-11;1-7(10)6-8(11-2)4-3-5-9;8-7(9)5-1-3-6(10)4-2-5/h7-10,15H,3-6,11-12H2,1-2H3,(H,19,20);5-8,13H,3-4,9-10H2,1-2H3,(H,17,18);10H,3-8H2,1-2H3;8H,3-6H2,1-2H3;1-4,10H,(H,8,9). The van der Waals surface area contributed by atoms with Crippen molar-refractivity contribution in [2.75, 3.05) is 50.6 Å². The number of Topliss-reactive ketones (excluding diaryl/α,β-unsaturated/α-hetero) is 4. The van der Waals surface area contributed by atoms with Gasteiger partial charge in [-0.05, 0) is 163 Å². The Bertz CT molecular complexity index is 2040. The van der Waals surface area contributed by atoms with Gasteiger partial charge in [-0.3, -0.25) is 19.2 Å². The highest BCUT2D eigenvalue weighted by molar-refractivity contribution is 9.09. The van der Waals surface area contributed by atoms with Crippen LogP contribution >= 0.6 is 68.0 Å². The van der Waals surface area contributed by atoms with Crippen molar-refractivity contribution in [2.24, 2.45) is 0 Å². The van der Waals surface area contributed by atoms with E-state index >= 15 is 0 Å². The summed E-state index contributed by atoms with van der Waals surface area (Å²) in [5.74, 6) is -0.0439. The molecule has 19 heteroatoms. The number of unbranched alkanes of at least 4 members (excludes halogenated alkanes) is 4. The highest BCUT2D eigenvalue weighted by atomic mass is 79.9. The van der Waals surface area contributed by atoms with E-state index in [4.69, 9.17) is 34.3 Å². The average Bonchev–Trinajstić information content (AvgIpc) is 3.38. The third kappa shape index (κ3) is 43.6. The number of methoxy groups -OCH3 is 4. The van der Waals surface area contributed by atoms with Crippen LogP contribution < -0.4 is 0 Å². The number of carboxylic acid groups (broad SMARTS) is 3. The number of carbonyl (C=O) groups excluding carboxylic acids is 4. The molecule has 3 aromatic rings. The molecule has 3 aromatic carbocycles. The maximum absolute atomic E-state index is 11.1. The SMILES string of the molecule is COC(CCCBr)CC(C)=O.COC(CCCCCBr)CC(C)=O.COC(CCCCCSc1ccc(C(=O)O)cc1)CC(C)=O.COC(CCCSc1ccc(C(=O)O)cc1)CC(C)=O.O=C(O)c1ccc(S)cc1. The van der Waals surface area contributed by atoms with Crippen molar-refractivity contribution in [3.63, 3.8) is 0 Å². The fourth-order valence-electron chi connectivity index (χ4n) is 6.78. The first-order chi connectivity index (χ1) is 36.2. The Morgan fingerprint density at radius 2 is 0.697 bits per heavy atom. The third-order valence-electron chi connectivity index (χ3n) is 10.9. The first-order valence-corrected chi connectivity index (χ1v) is 30.0. The Kier molecular flexibility index (Phi) is 47.9. The lowest BCUT2D eigenvalue weighted by Gasteiger charge is -2.13. The van der Waals surface area contributed by atoms with Crippen molar-refractivity contribution in [1.82, 2.24) is 0 Å². The number of halogens is 2. The lowest BCUT2D eigenvalue weighted by atomic mass is 10.1. The number of hydrogen-bond donors (Lipinski definition) is 4. The minimum atomic E-state index is -0.909. The zero-order valence-corrected chi connectivity index (χ0v) is 51.4. The Morgan fingerprint density at radius 1 is 0.421 bits per heavy atom. The maximum atomic E-state index is 11.1. The number of carboxylic acids is 3. The quantitative estimate of drug-likeness (QED) is 0.0186. The number of carbonyl (C=O) groups is 7. The van der Waals surface area contributed by atoms with Gasteiger partial charge in [-0.2, -0.15) is 0 Å². The molecule has 0 aromatic heterocycles. The monoisotopic (exact) mass is 1250 g/mol. The lowest BCUT2D eigenvalue weighted by molar-refractivity contribution is -0.120. The number of hydrogen-bond acceptors (Lipinski definition) is 14. The number of aromatic carboxylic acids is 3. The fourth-order valence-corrected chi connectivity index (χ4v) is 9.43. The molecule has 0 aliphatic carbocycles. The highest BCUT2D eigenvalue weighted by Crippen LogP contribution is 2.23. The molecule has 0 saturated carbocycles. The maximum Gasteiger partial charge on any atom is 0.335 e. The van der Waals surface area contributed by atoms with Gasteiger partial charge in [-0.15, -0.1) is 36.2 Å². The van der Waals surface area contributed by atoms with Gasteiger partial charge in [0.25, 0.3) is 0 Å². The van der Waals surface area contributed by atoms with Gasteiger partial charge in [0.15, 0.2) is 0 Å². The van der Waals surface area contributed by atoms with Crippen LogP contribution in [0.2, 0.25) is 0 Å². The molecule has 0 aliphatic rings. The largest absolute Gasteiger partial charge is 0.478 e. The predicted octanol–water partition coefficient (Wildman–Crippen LogP) is 14.0. The summed E-state index contributed by atoms with van der Waals surface area (Å²) in [6.45, 7) is 6.38. The molecule has 0 amide bonds. The molecule has 4 unspecified atom stereocenters. The van der Waals surface area contributed by atoms with Crippen molar-refractivity contribution in [3.05, 3.63) is 89.5 Å². The van der Waals surface area contributed by atoms with Gasteiger partial charge in [-0.1, -0.05) is 57.5 Å². The fraction of sp³-hybridized carbons (Fsp3) is 0.561. The summed E-state index contributed by atoms with van der Waals surface area (Å²) in [6, 6.07) is 20.1. The molecule has 3 N–H and O–H groups in total. The van der Waals surface area contributed by atoms with Crippen molar-refractivity contribution < 1.29 is 67.8 Å². The number of benzene rings is 3. The van der Waals surface area contributed by atoms with Crippen LogP contribution in [0.25, 0.3) is 0 Å². The van der Waals surface area contributed by atoms with Gasteiger partial charge < -0.3 is 34.3 Å². The molecule has 0 aliphatic heterocycles. The number of alkyl halides is 2. The van der Waals surface area contributed by atoms with Gasteiger partial charge >= 0.3 is 17.9 Å². The van der Waals surface area contributed by atoms with E-state index in [9.17, 15) is 33.6 Å². The number of thioether (sulfide) groups is 2. The van der Waals surface area contributed by atoms with Crippen LogP contribution in [0.15, 0.2) is 87.5 Å². The van der Waals surface area contributed by atoms with Gasteiger partial charge in [0.05, 0.1) is 41.1 Å². The van der Waals surface area contributed by atoms with Crippen LogP contribution in [0.1, 0.15) is 162 Å². The molecule has 0 heterocycles. The Hall–Kier alpha value is -3.40. The smallest absolute Gasteiger partial charge is 0.335 e. The van der Waals surface area contributed by atoms with Gasteiger partial charge in [0.2, 0.25) is 0 Å². The van der Waals surface area contributed by atoms with E-state index < -0.39 is 17.9 Å². The van der Waals surface area contributed by atoms with E-state index in [1.807, 2.05) is 24.3 Å². The van der Waals surface area contributed by atoms with E-state index in [1.54, 1.807) is 116 Å². The molecule has 4 atom stereocenters. The van der Waals surface area contributed by atoms with E-state index in [2.05, 4.69) is 44.5 Å². The molecule has 0 spiro atoms. The molecular formula is C57H84Br2O14S3. The Morgan fingerprint density at radius 3 is 0.987 bits per heavy atom.